The van der Waals surface area contributed by atoms with Gasteiger partial charge >= 0.3 is 11.9 Å². The summed E-state index contributed by atoms with van der Waals surface area (Å²) in [6.07, 6.45) is -0.613. The van der Waals surface area contributed by atoms with Crippen LogP contribution in [0.15, 0.2) is 0 Å². The number of hydrogen-bond donors (Lipinski definition) is 7. The summed E-state index contributed by atoms with van der Waals surface area (Å²) in [5, 5.41) is 31.5. The van der Waals surface area contributed by atoms with Gasteiger partial charge in [-0.25, -0.2) is 4.79 Å². The standard InChI is InChI=1S/C17H27N5O9/c18-8(6-12(19)24)16(29)22-5-1-2-11(22)15(28)21-10(7-23)14(27)20-9(17(30)31)3-4-13(25)26/h8-11,23H,1-7,18H2,(H2,19,24)(H,20,27)(H,21,28)(H,25,26)(H,30,31). The van der Waals surface area contributed by atoms with Gasteiger partial charge in [0.05, 0.1) is 19.1 Å². The first-order valence-corrected chi connectivity index (χ1v) is 9.48. The topological polar surface area (TPSA) is 242 Å². The minimum absolute atomic E-state index is 0.190. The molecule has 1 saturated heterocycles. The lowest BCUT2D eigenvalue weighted by Gasteiger charge is -2.28. The van der Waals surface area contributed by atoms with Crippen LogP contribution in [-0.4, -0.2) is 93.1 Å². The van der Waals surface area contributed by atoms with Gasteiger partial charge in [-0.2, -0.15) is 0 Å². The van der Waals surface area contributed by atoms with Crippen LogP contribution in [0, 0.1) is 0 Å². The smallest absolute Gasteiger partial charge is 0.326 e. The Morgan fingerprint density at radius 3 is 2.23 bits per heavy atom. The summed E-state index contributed by atoms with van der Waals surface area (Å²) in [6, 6.07) is -5.30. The predicted octanol–water partition coefficient (Wildman–Crippen LogP) is -3.91. The molecular formula is C17H27N5O9. The van der Waals surface area contributed by atoms with E-state index in [9.17, 15) is 33.9 Å². The van der Waals surface area contributed by atoms with Gasteiger partial charge in [0.2, 0.25) is 23.6 Å². The summed E-state index contributed by atoms with van der Waals surface area (Å²) >= 11 is 0. The molecule has 0 radical (unpaired) electrons. The van der Waals surface area contributed by atoms with Crippen molar-refractivity contribution >= 4 is 35.6 Å². The second-order valence-corrected chi connectivity index (χ2v) is 7.04. The van der Waals surface area contributed by atoms with E-state index >= 15 is 0 Å². The monoisotopic (exact) mass is 445 g/mol. The molecule has 1 aliphatic heterocycles. The molecule has 0 saturated carbocycles. The normalized spacial score (nSPS) is 18.5. The molecule has 0 aliphatic carbocycles. The largest absolute Gasteiger partial charge is 0.481 e. The van der Waals surface area contributed by atoms with Crippen molar-refractivity contribution in [2.75, 3.05) is 13.2 Å². The van der Waals surface area contributed by atoms with Crippen molar-refractivity contribution in [3.8, 4) is 0 Å². The molecule has 1 heterocycles. The molecule has 0 spiro atoms. The van der Waals surface area contributed by atoms with Crippen LogP contribution in [0.5, 0.6) is 0 Å². The maximum Gasteiger partial charge on any atom is 0.326 e. The number of aliphatic hydroxyl groups is 1. The molecule has 0 bridgehead atoms. The minimum atomic E-state index is -1.54. The van der Waals surface area contributed by atoms with Crippen LogP contribution in [0.1, 0.15) is 32.1 Å². The van der Waals surface area contributed by atoms with Gasteiger partial charge < -0.3 is 42.3 Å². The van der Waals surface area contributed by atoms with Crippen LogP contribution in [0.25, 0.3) is 0 Å². The lowest BCUT2D eigenvalue weighted by molar-refractivity contribution is -0.144. The molecule has 4 unspecified atom stereocenters. The second-order valence-electron chi connectivity index (χ2n) is 7.04. The molecule has 14 nitrogen and oxygen atoms in total. The Balaban J connectivity index is 2.78. The maximum atomic E-state index is 12.6. The third kappa shape index (κ3) is 7.82. The van der Waals surface area contributed by atoms with E-state index < -0.39 is 85.6 Å². The van der Waals surface area contributed by atoms with Gasteiger partial charge in [-0.3, -0.25) is 24.0 Å². The van der Waals surface area contributed by atoms with Gasteiger partial charge in [0.25, 0.3) is 0 Å². The number of aliphatic carboxylic acids is 2. The van der Waals surface area contributed by atoms with Gasteiger partial charge in [0, 0.05) is 13.0 Å². The molecule has 31 heavy (non-hydrogen) atoms. The molecule has 0 aromatic heterocycles. The molecule has 9 N–H and O–H groups in total. The molecular weight excluding hydrogens is 418 g/mol. The fraction of sp³-hybridized carbons (Fsp3) is 0.647. The van der Waals surface area contributed by atoms with Gasteiger partial charge in [-0.1, -0.05) is 0 Å². The first-order valence-electron chi connectivity index (χ1n) is 9.48. The average molecular weight is 445 g/mol. The molecule has 1 aliphatic rings. The zero-order valence-corrected chi connectivity index (χ0v) is 16.7. The number of carbonyl (C=O) groups is 6. The number of likely N-dealkylation sites (tertiary alicyclic amines) is 1. The molecule has 1 fully saturated rings. The SMILES string of the molecule is NC(=O)CC(N)C(=O)N1CCCC1C(=O)NC(CO)C(=O)NC(CCC(=O)O)C(=O)O. The number of carbonyl (C=O) groups excluding carboxylic acids is 4. The van der Waals surface area contributed by atoms with Crippen molar-refractivity contribution in [2.24, 2.45) is 11.5 Å². The number of carboxylic acid groups (broad SMARTS) is 2. The Labute approximate surface area is 176 Å². The minimum Gasteiger partial charge on any atom is -0.481 e. The number of carboxylic acids is 2. The highest BCUT2D eigenvalue weighted by Gasteiger charge is 2.38. The number of nitrogens with two attached hydrogens (primary N) is 2. The molecule has 14 heteroatoms. The van der Waals surface area contributed by atoms with E-state index in [0.29, 0.717) is 6.42 Å². The Morgan fingerprint density at radius 1 is 1.06 bits per heavy atom. The van der Waals surface area contributed by atoms with Crippen LogP contribution in [0.2, 0.25) is 0 Å². The summed E-state index contributed by atoms with van der Waals surface area (Å²) in [7, 11) is 0. The van der Waals surface area contributed by atoms with E-state index in [1.54, 1.807) is 0 Å². The predicted molar refractivity (Wildman–Crippen MR) is 102 cm³/mol. The van der Waals surface area contributed by atoms with E-state index in [4.69, 9.17) is 21.7 Å². The first kappa shape index (κ1) is 25.8. The molecule has 174 valence electrons. The number of aliphatic hydroxyl groups excluding tert-OH is 1. The second kappa shape index (κ2) is 11.8. The molecule has 0 aromatic rings. The number of rotatable bonds is 12. The fourth-order valence-electron chi connectivity index (χ4n) is 3.08. The Hall–Kier alpha value is -3.26. The third-order valence-electron chi connectivity index (χ3n) is 4.65. The number of nitrogens with zero attached hydrogens (tertiary/aromatic N) is 1. The average Bonchev–Trinajstić information content (AvgIpc) is 3.17. The van der Waals surface area contributed by atoms with Crippen LogP contribution >= 0.6 is 0 Å². The van der Waals surface area contributed by atoms with Crippen LogP contribution in [0.4, 0.5) is 0 Å². The molecule has 4 atom stereocenters. The van der Waals surface area contributed by atoms with Gasteiger partial charge in [-0.05, 0) is 19.3 Å². The molecule has 0 aromatic carbocycles. The summed E-state index contributed by atoms with van der Waals surface area (Å²) in [5.41, 5.74) is 10.7. The summed E-state index contributed by atoms with van der Waals surface area (Å²) in [4.78, 5) is 71.2. The van der Waals surface area contributed by atoms with E-state index in [1.165, 1.54) is 0 Å². The number of amides is 4. The molecule has 4 amide bonds. The summed E-state index contributed by atoms with van der Waals surface area (Å²) in [6.45, 7) is -0.680. The van der Waals surface area contributed by atoms with Crippen LogP contribution in [0.3, 0.4) is 0 Å². The van der Waals surface area contributed by atoms with Crippen molar-refractivity contribution in [1.82, 2.24) is 15.5 Å². The third-order valence-corrected chi connectivity index (χ3v) is 4.65. The fourth-order valence-corrected chi connectivity index (χ4v) is 3.08. The lowest BCUT2D eigenvalue weighted by atomic mass is 10.1. The highest BCUT2D eigenvalue weighted by Crippen LogP contribution is 2.19. The quantitative estimate of drug-likeness (QED) is 0.154. The van der Waals surface area contributed by atoms with Gasteiger partial charge in [0.15, 0.2) is 0 Å². The van der Waals surface area contributed by atoms with E-state index in [0.717, 1.165) is 4.90 Å². The van der Waals surface area contributed by atoms with Crippen LogP contribution < -0.4 is 22.1 Å². The number of primary amides is 1. The van der Waals surface area contributed by atoms with Crippen molar-refractivity contribution < 1.29 is 44.1 Å². The number of hydrogen-bond acceptors (Lipinski definition) is 8. The zero-order chi connectivity index (χ0) is 23.7. The maximum absolute atomic E-state index is 12.6. The van der Waals surface area contributed by atoms with E-state index in [-0.39, 0.29) is 13.0 Å². The highest BCUT2D eigenvalue weighted by molar-refractivity contribution is 5.95. The van der Waals surface area contributed by atoms with Crippen molar-refractivity contribution in [1.29, 1.82) is 0 Å². The number of nitrogens with one attached hydrogen (secondary N) is 2. The van der Waals surface area contributed by atoms with Crippen molar-refractivity contribution in [3.05, 3.63) is 0 Å². The zero-order valence-electron chi connectivity index (χ0n) is 16.7. The van der Waals surface area contributed by atoms with Crippen molar-refractivity contribution in [3.63, 3.8) is 0 Å². The van der Waals surface area contributed by atoms with Crippen molar-refractivity contribution in [2.45, 2.75) is 56.3 Å². The van der Waals surface area contributed by atoms with E-state index in [2.05, 4.69) is 10.6 Å². The summed E-state index contributed by atoms with van der Waals surface area (Å²) in [5.74, 6) is -5.99. The Kier molecular flexibility index (Phi) is 9.82. The van der Waals surface area contributed by atoms with E-state index in [1.807, 2.05) is 0 Å². The summed E-state index contributed by atoms with van der Waals surface area (Å²) < 4.78 is 0. The Bertz CT molecular complexity index is 729. The molecule has 1 rings (SSSR count). The van der Waals surface area contributed by atoms with Crippen LogP contribution in [-0.2, 0) is 28.8 Å². The first-order chi connectivity index (χ1) is 14.5. The van der Waals surface area contributed by atoms with Gasteiger partial charge in [-0.15, -0.1) is 0 Å². The van der Waals surface area contributed by atoms with Gasteiger partial charge in [0.1, 0.15) is 18.1 Å². The highest BCUT2D eigenvalue weighted by atomic mass is 16.4. The lowest BCUT2D eigenvalue weighted by Crippen LogP contribution is -2.57. The Morgan fingerprint density at radius 2 is 1.71 bits per heavy atom.